The number of nitrogens with zero attached hydrogens (tertiary/aromatic N) is 1. The zero-order valence-corrected chi connectivity index (χ0v) is 17.0. The molecule has 136 valence electrons. The third-order valence-electron chi connectivity index (χ3n) is 3.13. The maximum absolute atomic E-state index is 11.7. The fraction of sp³-hybridized carbons (Fsp3) is 0.294. The molecule has 0 fully saturated rings. The highest BCUT2D eigenvalue weighted by Gasteiger charge is 2.06. The predicted octanol–water partition coefficient (Wildman–Crippen LogP) is 3.04. The summed E-state index contributed by atoms with van der Waals surface area (Å²) in [7, 11) is 0. The number of hydrogen-bond acceptors (Lipinski definition) is 3. The third-order valence-corrected chi connectivity index (χ3v) is 3.38. The third kappa shape index (κ3) is 7.78. The van der Waals surface area contributed by atoms with Gasteiger partial charge in [0.15, 0.2) is 11.7 Å². The molecule has 0 saturated heterocycles. The van der Waals surface area contributed by atoms with Crippen LogP contribution in [0.3, 0.4) is 0 Å². The van der Waals surface area contributed by atoms with Gasteiger partial charge in [0, 0.05) is 24.7 Å². The molecule has 1 aromatic carbocycles. The number of nitrogens with one attached hydrogen (secondary N) is 3. The average molecular weight is 477 g/mol. The van der Waals surface area contributed by atoms with E-state index in [-0.39, 0.29) is 29.9 Å². The summed E-state index contributed by atoms with van der Waals surface area (Å²) in [5, 5.41) is 9.81. The van der Waals surface area contributed by atoms with Crippen molar-refractivity contribution in [2.45, 2.75) is 13.5 Å². The molecule has 0 aliphatic rings. The number of halogens is 2. The Morgan fingerprint density at radius 2 is 1.84 bits per heavy atom. The lowest BCUT2D eigenvalue weighted by molar-refractivity contribution is 0.0926. The maximum atomic E-state index is 11.7. The van der Waals surface area contributed by atoms with E-state index >= 15 is 0 Å². The number of rotatable bonds is 7. The van der Waals surface area contributed by atoms with E-state index in [1.807, 2.05) is 31.2 Å². The number of carbonyl (C=O) groups is 1. The smallest absolute Gasteiger partial charge is 0.287 e. The van der Waals surface area contributed by atoms with Gasteiger partial charge < -0.3 is 20.4 Å². The van der Waals surface area contributed by atoms with Gasteiger partial charge in [-0.05, 0) is 36.8 Å². The molecule has 1 heterocycles. The summed E-state index contributed by atoms with van der Waals surface area (Å²) >= 11 is 5.87. The molecule has 0 radical (unpaired) electrons. The van der Waals surface area contributed by atoms with Crippen molar-refractivity contribution < 1.29 is 9.21 Å². The molecule has 0 unspecified atom stereocenters. The first-order valence-corrected chi connectivity index (χ1v) is 8.15. The summed E-state index contributed by atoms with van der Waals surface area (Å²) in [6, 6.07) is 10.9. The normalized spacial score (nSPS) is 10.7. The van der Waals surface area contributed by atoms with E-state index in [1.165, 1.54) is 6.26 Å². The van der Waals surface area contributed by atoms with Gasteiger partial charge in [0.1, 0.15) is 0 Å². The van der Waals surface area contributed by atoms with Crippen LogP contribution < -0.4 is 16.0 Å². The Labute approximate surface area is 169 Å². The van der Waals surface area contributed by atoms with Crippen molar-refractivity contribution in [2.75, 3.05) is 19.6 Å². The van der Waals surface area contributed by atoms with Crippen molar-refractivity contribution in [3.63, 3.8) is 0 Å². The summed E-state index contributed by atoms with van der Waals surface area (Å²) in [5.74, 6) is 0.767. The van der Waals surface area contributed by atoms with E-state index < -0.39 is 0 Å². The molecule has 0 aliphatic carbocycles. The lowest BCUT2D eigenvalue weighted by Crippen LogP contribution is -2.41. The Hall–Kier alpha value is -1.74. The van der Waals surface area contributed by atoms with Gasteiger partial charge in [0.05, 0.1) is 12.8 Å². The summed E-state index contributed by atoms with van der Waals surface area (Å²) in [6.45, 7) is 4.32. The zero-order chi connectivity index (χ0) is 17.2. The summed E-state index contributed by atoms with van der Waals surface area (Å²) in [6.07, 6.45) is 1.47. The van der Waals surface area contributed by atoms with E-state index in [2.05, 4.69) is 20.9 Å². The molecule has 1 amide bonds. The Morgan fingerprint density at radius 3 is 2.48 bits per heavy atom. The van der Waals surface area contributed by atoms with Crippen LogP contribution in [0.1, 0.15) is 23.0 Å². The monoisotopic (exact) mass is 476 g/mol. The van der Waals surface area contributed by atoms with Crippen molar-refractivity contribution in [3.05, 3.63) is 59.0 Å². The molecule has 8 heteroatoms. The van der Waals surface area contributed by atoms with E-state index in [1.54, 1.807) is 12.1 Å². The van der Waals surface area contributed by atoms with Crippen LogP contribution in [0.2, 0.25) is 5.02 Å². The number of guanidine groups is 1. The Kier molecular flexibility index (Phi) is 10.0. The lowest BCUT2D eigenvalue weighted by Gasteiger charge is -2.11. The molecule has 0 saturated carbocycles. The highest BCUT2D eigenvalue weighted by molar-refractivity contribution is 14.0. The van der Waals surface area contributed by atoms with Crippen LogP contribution in [-0.4, -0.2) is 31.5 Å². The van der Waals surface area contributed by atoms with Crippen molar-refractivity contribution in [1.82, 2.24) is 16.0 Å². The molecule has 0 aliphatic heterocycles. The van der Waals surface area contributed by atoms with E-state index in [9.17, 15) is 4.79 Å². The van der Waals surface area contributed by atoms with E-state index in [0.717, 1.165) is 12.1 Å². The van der Waals surface area contributed by atoms with Crippen LogP contribution >= 0.6 is 35.6 Å². The number of amides is 1. The maximum Gasteiger partial charge on any atom is 0.287 e. The van der Waals surface area contributed by atoms with Crippen molar-refractivity contribution in [3.8, 4) is 0 Å². The van der Waals surface area contributed by atoms with Crippen LogP contribution in [0.4, 0.5) is 0 Å². The minimum atomic E-state index is -0.232. The van der Waals surface area contributed by atoms with Crippen LogP contribution in [0, 0.1) is 0 Å². The van der Waals surface area contributed by atoms with Gasteiger partial charge in [-0.1, -0.05) is 23.7 Å². The molecule has 6 nitrogen and oxygen atoms in total. The van der Waals surface area contributed by atoms with Gasteiger partial charge in [-0.25, -0.2) is 4.99 Å². The number of hydrogen-bond donors (Lipinski definition) is 3. The minimum absolute atomic E-state index is 0. The molecule has 1 aromatic heterocycles. The summed E-state index contributed by atoms with van der Waals surface area (Å²) < 4.78 is 5.03. The van der Waals surface area contributed by atoms with E-state index in [0.29, 0.717) is 36.4 Å². The van der Waals surface area contributed by atoms with Crippen LogP contribution in [0.25, 0.3) is 0 Å². The van der Waals surface area contributed by atoms with Crippen molar-refractivity contribution in [2.24, 2.45) is 4.99 Å². The summed E-state index contributed by atoms with van der Waals surface area (Å²) in [5.41, 5.74) is 1.07. The second-order valence-corrected chi connectivity index (χ2v) is 5.42. The Balaban J connectivity index is 0.00000312. The molecule has 3 N–H and O–H groups in total. The van der Waals surface area contributed by atoms with Crippen molar-refractivity contribution >= 4 is 47.4 Å². The number of aliphatic imine (C=N–C) groups is 1. The van der Waals surface area contributed by atoms with Gasteiger partial charge in [-0.15, -0.1) is 24.0 Å². The van der Waals surface area contributed by atoms with Gasteiger partial charge in [-0.3, -0.25) is 4.79 Å². The lowest BCUT2D eigenvalue weighted by atomic mass is 10.2. The van der Waals surface area contributed by atoms with E-state index in [4.69, 9.17) is 16.0 Å². The van der Waals surface area contributed by atoms with Crippen molar-refractivity contribution in [1.29, 1.82) is 0 Å². The molecule has 0 atom stereocenters. The van der Waals surface area contributed by atoms with Crippen LogP contribution in [0.5, 0.6) is 0 Å². The predicted molar refractivity (Wildman–Crippen MR) is 111 cm³/mol. The highest BCUT2D eigenvalue weighted by Crippen LogP contribution is 2.10. The number of benzene rings is 1. The first-order valence-electron chi connectivity index (χ1n) is 7.77. The first kappa shape index (κ1) is 21.3. The first-order chi connectivity index (χ1) is 11.7. The van der Waals surface area contributed by atoms with Crippen LogP contribution in [-0.2, 0) is 6.54 Å². The molecular formula is C17H22ClIN4O2. The quantitative estimate of drug-likeness (QED) is 0.248. The molecule has 2 rings (SSSR count). The fourth-order valence-electron chi connectivity index (χ4n) is 1.95. The zero-order valence-electron chi connectivity index (χ0n) is 13.9. The van der Waals surface area contributed by atoms with Gasteiger partial charge in [-0.2, -0.15) is 0 Å². The van der Waals surface area contributed by atoms with Gasteiger partial charge >= 0.3 is 0 Å². The molecule has 0 spiro atoms. The largest absolute Gasteiger partial charge is 0.459 e. The summed E-state index contributed by atoms with van der Waals surface area (Å²) in [4.78, 5) is 16.2. The topological polar surface area (TPSA) is 78.7 Å². The number of furan rings is 1. The molecule has 25 heavy (non-hydrogen) atoms. The SMILES string of the molecule is CCNC(=NCc1ccc(Cl)cc1)NCCNC(=O)c1ccco1.I. The second-order valence-electron chi connectivity index (χ2n) is 4.98. The highest BCUT2D eigenvalue weighted by atomic mass is 127. The Bertz CT molecular complexity index is 660. The Morgan fingerprint density at radius 1 is 1.12 bits per heavy atom. The standard InChI is InChI=1S/C17H21ClN4O2.HI/c1-2-19-17(22-12-13-5-7-14(18)8-6-13)21-10-9-20-16(23)15-4-3-11-24-15;/h3-8,11H,2,9-10,12H2,1H3,(H,20,23)(H2,19,21,22);1H. The average Bonchev–Trinajstić information content (AvgIpc) is 3.12. The number of carbonyl (C=O) groups excluding carboxylic acids is 1. The molecule has 0 bridgehead atoms. The fourth-order valence-corrected chi connectivity index (χ4v) is 2.08. The van der Waals surface area contributed by atoms with Gasteiger partial charge in [0.25, 0.3) is 5.91 Å². The van der Waals surface area contributed by atoms with Gasteiger partial charge in [0.2, 0.25) is 0 Å². The molecular weight excluding hydrogens is 455 g/mol. The molecule has 2 aromatic rings. The second kappa shape index (κ2) is 11.8. The minimum Gasteiger partial charge on any atom is -0.459 e. The van der Waals surface area contributed by atoms with Crippen LogP contribution in [0.15, 0.2) is 52.1 Å².